The van der Waals surface area contributed by atoms with E-state index in [0.29, 0.717) is 5.70 Å². The Labute approximate surface area is 62.0 Å². The largest absolute Gasteiger partial charge is 0.399 e. The summed E-state index contributed by atoms with van der Waals surface area (Å²) in [6.07, 6.45) is 0. The minimum atomic E-state index is 0.569. The monoisotopic (exact) mass is 129 g/mol. The molecule has 0 unspecified atom stereocenters. The van der Waals surface area contributed by atoms with Crippen molar-refractivity contribution in [3.05, 3.63) is 36.4 Å². The van der Waals surface area contributed by atoms with Gasteiger partial charge in [0.2, 0.25) is 0 Å². The third kappa shape index (κ3) is 1.41. The second-order valence-electron chi connectivity index (χ2n) is 2.15. The van der Waals surface area contributed by atoms with Crippen LogP contribution in [0, 0.1) is 0 Å². The predicted octanol–water partition coefficient (Wildman–Crippen LogP) is 0.410. The van der Waals surface area contributed by atoms with Crippen LogP contribution in [0.5, 0.6) is 0 Å². The first kappa shape index (κ1) is 6.94. The molecule has 1 aromatic carbocycles. The van der Waals surface area contributed by atoms with E-state index in [-0.39, 0.29) is 0 Å². The summed E-state index contributed by atoms with van der Waals surface area (Å²) >= 11 is 0. The number of hydrogen-bond donors (Lipinski definition) is 1. The Morgan fingerprint density at radius 3 is 2.20 bits per heavy atom. The van der Waals surface area contributed by atoms with Gasteiger partial charge < -0.3 is 5.73 Å². The summed E-state index contributed by atoms with van der Waals surface area (Å²) in [6.45, 7) is 3.59. The lowest BCUT2D eigenvalue weighted by molar-refractivity contribution is 1.55. The average Bonchev–Trinajstić information content (AvgIpc) is 1.88. The number of benzene rings is 1. The highest BCUT2D eigenvalue weighted by molar-refractivity contribution is 6.32. The van der Waals surface area contributed by atoms with E-state index in [1.807, 2.05) is 12.1 Å². The summed E-state index contributed by atoms with van der Waals surface area (Å²) in [6, 6.07) is 7.29. The van der Waals surface area contributed by atoms with E-state index in [1.54, 1.807) is 12.1 Å². The van der Waals surface area contributed by atoms with Crippen molar-refractivity contribution in [2.75, 3.05) is 0 Å². The normalized spacial score (nSPS) is 9.20. The molecule has 0 bridgehead atoms. The van der Waals surface area contributed by atoms with E-state index in [2.05, 4.69) is 6.58 Å². The lowest BCUT2D eigenvalue weighted by Crippen LogP contribution is -2.02. The van der Waals surface area contributed by atoms with Crippen molar-refractivity contribution in [3.8, 4) is 0 Å². The molecule has 0 atom stereocenters. The SMILES string of the molecule is [B]c1ccc(C(=C)N)cc1. The Hall–Kier alpha value is -1.18. The van der Waals surface area contributed by atoms with Gasteiger partial charge in [-0.3, -0.25) is 0 Å². The maximum Gasteiger partial charge on any atom is 0.113 e. The van der Waals surface area contributed by atoms with Crippen LogP contribution in [-0.2, 0) is 0 Å². The second kappa shape index (κ2) is 2.61. The molecule has 48 valence electrons. The van der Waals surface area contributed by atoms with Gasteiger partial charge in [0.15, 0.2) is 0 Å². The summed E-state index contributed by atoms with van der Waals surface area (Å²) in [5.41, 5.74) is 7.66. The first-order valence-corrected chi connectivity index (χ1v) is 3.00. The third-order valence-corrected chi connectivity index (χ3v) is 1.28. The van der Waals surface area contributed by atoms with E-state index >= 15 is 0 Å². The predicted molar refractivity (Wildman–Crippen MR) is 45.1 cm³/mol. The molecule has 1 rings (SSSR count). The van der Waals surface area contributed by atoms with Crippen LogP contribution in [0.2, 0.25) is 0 Å². The average molecular weight is 129 g/mol. The van der Waals surface area contributed by atoms with Crippen molar-refractivity contribution in [3.63, 3.8) is 0 Å². The van der Waals surface area contributed by atoms with E-state index in [0.717, 1.165) is 11.0 Å². The van der Waals surface area contributed by atoms with Gasteiger partial charge in [0.1, 0.15) is 7.85 Å². The topological polar surface area (TPSA) is 26.0 Å². The molecule has 1 nitrogen and oxygen atoms in total. The van der Waals surface area contributed by atoms with Crippen molar-refractivity contribution in [2.24, 2.45) is 5.73 Å². The minimum absolute atomic E-state index is 0.569. The van der Waals surface area contributed by atoms with Crippen LogP contribution < -0.4 is 11.2 Å². The fraction of sp³-hybridized carbons (Fsp3) is 0. The standard InChI is InChI=1S/C8H8BN/c1-6(10)7-2-4-8(9)5-3-7/h2-5H,1,10H2. The molecular formula is C8H8BN. The molecule has 0 saturated carbocycles. The molecule has 0 aliphatic rings. The minimum Gasteiger partial charge on any atom is -0.399 e. The molecule has 1 aromatic rings. The molecule has 0 aliphatic carbocycles. The molecule has 0 spiro atoms. The fourth-order valence-electron chi connectivity index (χ4n) is 0.697. The zero-order chi connectivity index (χ0) is 7.56. The van der Waals surface area contributed by atoms with Crippen LogP contribution in [0.25, 0.3) is 5.70 Å². The summed E-state index contributed by atoms with van der Waals surface area (Å²) in [4.78, 5) is 0. The highest BCUT2D eigenvalue weighted by atomic mass is 14.6. The summed E-state index contributed by atoms with van der Waals surface area (Å²) in [7, 11) is 5.46. The first-order chi connectivity index (χ1) is 4.70. The van der Waals surface area contributed by atoms with Crippen LogP contribution in [0.4, 0.5) is 0 Å². The quantitative estimate of drug-likeness (QED) is 0.546. The van der Waals surface area contributed by atoms with Gasteiger partial charge in [0.05, 0.1) is 0 Å². The number of hydrogen-bond acceptors (Lipinski definition) is 1. The molecule has 0 aliphatic heterocycles. The molecule has 2 radical (unpaired) electrons. The lowest BCUT2D eigenvalue weighted by atomic mass is 9.95. The summed E-state index contributed by atoms with van der Waals surface area (Å²) < 4.78 is 0. The highest BCUT2D eigenvalue weighted by Crippen LogP contribution is 2.02. The smallest absolute Gasteiger partial charge is 0.113 e. The Balaban J connectivity index is 3.00. The van der Waals surface area contributed by atoms with Crippen molar-refractivity contribution in [1.82, 2.24) is 0 Å². The van der Waals surface area contributed by atoms with Crippen LogP contribution >= 0.6 is 0 Å². The van der Waals surface area contributed by atoms with E-state index in [9.17, 15) is 0 Å². The van der Waals surface area contributed by atoms with Gasteiger partial charge in [-0.2, -0.15) is 0 Å². The molecular weight excluding hydrogens is 121 g/mol. The Kier molecular flexibility index (Phi) is 1.81. The summed E-state index contributed by atoms with van der Waals surface area (Å²) in [5.74, 6) is 0. The van der Waals surface area contributed by atoms with Gasteiger partial charge in [-0.1, -0.05) is 36.3 Å². The third-order valence-electron chi connectivity index (χ3n) is 1.28. The van der Waals surface area contributed by atoms with Crippen molar-refractivity contribution >= 4 is 19.0 Å². The van der Waals surface area contributed by atoms with Gasteiger partial charge in [0, 0.05) is 5.70 Å². The van der Waals surface area contributed by atoms with Crippen LogP contribution in [0.1, 0.15) is 5.56 Å². The Bertz CT molecular complexity index is 238. The highest BCUT2D eigenvalue weighted by Gasteiger charge is 1.89. The van der Waals surface area contributed by atoms with Crippen molar-refractivity contribution in [1.29, 1.82) is 0 Å². The number of rotatable bonds is 1. The Morgan fingerprint density at radius 2 is 1.80 bits per heavy atom. The van der Waals surface area contributed by atoms with Gasteiger partial charge in [-0.05, 0) is 5.56 Å². The fourth-order valence-corrected chi connectivity index (χ4v) is 0.697. The first-order valence-electron chi connectivity index (χ1n) is 3.00. The van der Waals surface area contributed by atoms with E-state index < -0.39 is 0 Å². The van der Waals surface area contributed by atoms with Crippen molar-refractivity contribution < 1.29 is 0 Å². The van der Waals surface area contributed by atoms with Gasteiger partial charge in [-0.15, -0.1) is 0 Å². The maximum absolute atomic E-state index is 5.46. The molecule has 2 N–H and O–H groups in total. The van der Waals surface area contributed by atoms with Gasteiger partial charge in [-0.25, -0.2) is 0 Å². The molecule has 0 fully saturated rings. The van der Waals surface area contributed by atoms with Gasteiger partial charge >= 0.3 is 0 Å². The lowest BCUT2D eigenvalue weighted by Gasteiger charge is -1.98. The molecule has 0 saturated heterocycles. The molecule has 0 heterocycles. The molecule has 2 heteroatoms. The summed E-state index contributed by atoms with van der Waals surface area (Å²) in [5, 5.41) is 0. The zero-order valence-corrected chi connectivity index (χ0v) is 5.67. The molecule has 0 amide bonds. The molecule has 0 aromatic heterocycles. The number of nitrogens with two attached hydrogens (primary N) is 1. The Morgan fingerprint density at radius 1 is 1.30 bits per heavy atom. The van der Waals surface area contributed by atoms with E-state index in [1.165, 1.54) is 0 Å². The van der Waals surface area contributed by atoms with E-state index in [4.69, 9.17) is 13.6 Å². The van der Waals surface area contributed by atoms with Crippen LogP contribution in [0.3, 0.4) is 0 Å². The zero-order valence-electron chi connectivity index (χ0n) is 5.67. The second-order valence-corrected chi connectivity index (χ2v) is 2.15. The maximum atomic E-state index is 5.46. The van der Waals surface area contributed by atoms with Gasteiger partial charge in [0.25, 0.3) is 0 Å². The van der Waals surface area contributed by atoms with Crippen molar-refractivity contribution in [2.45, 2.75) is 0 Å². The van der Waals surface area contributed by atoms with Crippen LogP contribution in [0.15, 0.2) is 30.8 Å². The van der Waals surface area contributed by atoms with Crippen LogP contribution in [-0.4, -0.2) is 7.85 Å². The molecule has 10 heavy (non-hydrogen) atoms.